The molecule has 2 heterocycles. The van der Waals surface area contributed by atoms with E-state index in [4.69, 9.17) is 10.7 Å². The molecule has 0 amide bonds. The molecule has 0 aromatic carbocycles. The standard InChI is InChI=1S/C8H11ClN2O2S/c1-6-8(14(9,12)13)11-5-3-2-4-7(11)10-6/h2-5H2,1H3. The topological polar surface area (TPSA) is 52.0 Å². The average Bonchev–Trinajstić information content (AvgIpc) is 2.38. The second kappa shape index (κ2) is 3.24. The normalized spacial score (nSPS) is 16.7. The molecule has 14 heavy (non-hydrogen) atoms. The maximum atomic E-state index is 11.3. The van der Waals surface area contributed by atoms with Crippen molar-refractivity contribution in [2.75, 3.05) is 0 Å². The van der Waals surface area contributed by atoms with Crippen molar-refractivity contribution >= 4 is 19.7 Å². The molecule has 0 bridgehead atoms. The van der Waals surface area contributed by atoms with Gasteiger partial charge in [-0.3, -0.25) is 0 Å². The van der Waals surface area contributed by atoms with E-state index in [1.54, 1.807) is 11.5 Å². The number of fused-ring (bicyclic) bond motifs is 1. The van der Waals surface area contributed by atoms with Crippen LogP contribution in [0.4, 0.5) is 0 Å². The van der Waals surface area contributed by atoms with Crippen molar-refractivity contribution in [3.8, 4) is 0 Å². The molecule has 0 atom stereocenters. The van der Waals surface area contributed by atoms with Gasteiger partial charge in [0.25, 0.3) is 9.05 Å². The van der Waals surface area contributed by atoms with E-state index in [9.17, 15) is 8.42 Å². The summed E-state index contributed by atoms with van der Waals surface area (Å²) < 4.78 is 24.3. The van der Waals surface area contributed by atoms with E-state index < -0.39 is 9.05 Å². The quantitative estimate of drug-likeness (QED) is 0.692. The summed E-state index contributed by atoms with van der Waals surface area (Å²) in [4.78, 5) is 4.22. The first-order chi connectivity index (χ1) is 6.50. The van der Waals surface area contributed by atoms with Crippen molar-refractivity contribution in [3.63, 3.8) is 0 Å². The van der Waals surface area contributed by atoms with Crippen LogP contribution in [0.5, 0.6) is 0 Å². The third-order valence-electron chi connectivity index (χ3n) is 2.43. The Kier molecular flexibility index (Phi) is 2.31. The smallest absolute Gasteiger partial charge is 0.278 e. The lowest BCUT2D eigenvalue weighted by Gasteiger charge is -2.14. The number of hydrogen-bond acceptors (Lipinski definition) is 3. The van der Waals surface area contributed by atoms with Crippen molar-refractivity contribution in [2.24, 2.45) is 0 Å². The van der Waals surface area contributed by atoms with Gasteiger partial charge in [0.2, 0.25) is 0 Å². The van der Waals surface area contributed by atoms with Crippen molar-refractivity contribution in [3.05, 3.63) is 11.5 Å². The minimum absolute atomic E-state index is 0.175. The lowest BCUT2D eigenvalue weighted by molar-refractivity contribution is 0.489. The molecule has 0 spiro atoms. The SMILES string of the molecule is Cc1nc2n(c1S(=O)(=O)Cl)CCCC2. The van der Waals surface area contributed by atoms with Crippen LogP contribution in [-0.2, 0) is 22.0 Å². The Bertz CT molecular complexity index is 464. The lowest BCUT2D eigenvalue weighted by atomic mass is 10.2. The highest BCUT2D eigenvalue weighted by Gasteiger charge is 2.25. The van der Waals surface area contributed by atoms with Gasteiger partial charge in [0.05, 0.1) is 5.69 Å². The number of aromatic nitrogens is 2. The van der Waals surface area contributed by atoms with E-state index in [0.29, 0.717) is 12.2 Å². The van der Waals surface area contributed by atoms with Gasteiger partial charge in [0.1, 0.15) is 5.82 Å². The van der Waals surface area contributed by atoms with Crippen LogP contribution in [0.2, 0.25) is 0 Å². The number of rotatable bonds is 1. The summed E-state index contributed by atoms with van der Waals surface area (Å²) >= 11 is 0. The Morgan fingerprint density at radius 2 is 2.14 bits per heavy atom. The van der Waals surface area contributed by atoms with Gasteiger partial charge < -0.3 is 4.57 Å². The summed E-state index contributed by atoms with van der Waals surface area (Å²) in [5.41, 5.74) is 0.511. The first-order valence-corrected chi connectivity index (χ1v) is 6.82. The lowest BCUT2D eigenvalue weighted by Crippen LogP contribution is -2.14. The average molecular weight is 235 g/mol. The largest absolute Gasteiger partial charge is 0.318 e. The fraction of sp³-hybridized carbons (Fsp3) is 0.625. The first-order valence-electron chi connectivity index (χ1n) is 4.51. The number of hydrogen-bond donors (Lipinski definition) is 0. The molecule has 0 unspecified atom stereocenters. The van der Waals surface area contributed by atoms with Crippen molar-refractivity contribution in [1.29, 1.82) is 0 Å². The Hall–Kier alpha value is -0.550. The summed E-state index contributed by atoms with van der Waals surface area (Å²) in [7, 11) is 1.69. The molecule has 6 heteroatoms. The van der Waals surface area contributed by atoms with Crippen LogP contribution in [0.15, 0.2) is 5.03 Å². The molecule has 1 aliphatic heterocycles. The highest BCUT2D eigenvalue weighted by Crippen LogP contribution is 2.25. The molecule has 1 aromatic rings. The second-order valence-electron chi connectivity index (χ2n) is 3.47. The van der Waals surface area contributed by atoms with E-state index in [2.05, 4.69) is 4.98 Å². The Morgan fingerprint density at radius 3 is 2.79 bits per heavy atom. The molecule has 0 saturated carbocycles. The molecule has 1 aliphatic rings. The molecule has 0 fully saturated rings. The summed E-state index contributed by atoms with van der Waals surface area (Å²) in [6.45, 7) is 2.39. The van der Waals surface area contributed by atoms with Gasteiger partial charge in [-0.2, -0.15) is 0 Å². The monoisotopic (exact) mass is 234 g/mol. The highest BCUT2D eigenvalue weighted by atomic mass is 35.7. The minimum atomic E-state index is -3.66. The van der Waals surface area contributed by atoms with Gasteiger partial charge in [-0.25, -0.2) is 13.4 Å². The first kappa shape index (κ1) is 9.98. The van der Waals surface area contributed by atoms with E-state index in [1.165, 1.54) is 0 Å². The van der Waals surface area contributed by atoms with Crippen molar-refractivity contribution in [2.45, 2.75) is 37.8 Å². The second-order valence-corrected chi connectivity index (χ2v) is 5.95. The van der Waals surface area contributed by atoms with Gasteiger partial charge in [0, 0.05) is 23.6 Å². The number of halogens is 1. The van der Waals surface area contributed by atoms with Gasteiger partial charge in [-0.05, 0) is 19.8 Å². The Balaban J connectivity index is 2.65. The van der Waals surface area contributed by atoms with Gasteiger partial charge in [-0.1, -0.05) is 0 Å². The van der Waals surface area contributed by atoms with E-state index in [-0.39, 0.29) is 5.03 Å². The van der Waals surface area contributed by atoms with Crippen LogP contribution in [0.3, 0.4) is 0 Å². The van der Waals surface area contributed by atoms with Gasteiger partial charge in [-0.15, -0.1) is 0 Å². The fourth-order valence-electron chi connectivity index (χ4n) is 1.90. The summed E-state index contributed by atoms with van der Waals surface area (Å²) in [6.07, 6.45) is 2.90. The molecule has 0 aliphatic carbocycles. The van der Waals surface area contributed by atoms with E-state index in [1.807, 2.05) is 0 Å². The molecular weight excluding hydrogens is 224 g/mol. The zero-order chi connectivity index (χ0) is 10.3. The Morgan fingerprint density at radius 1 is 1.43 bits per heavy atom. The van der Waals surface area contributed by atoms with Crippen LogP contribution in [0, 0.1) is 6.92 Å². The van der Waals surface area contributed by atoms with Crippen LogP contribution in [0.25, 0.3) is 0 Å². The third-order valence-corrected chi connectivity index (χ3v) is 3.84. The molecule has 0 radical (unpaired) electrons. The molecule has 0 saturated heterocycles. The zero-order valence-corrected chi connectivity index (χ0v) is 9.40. The highest BCUT2D eigenvalue weighted by molar-refractivity contribution is 8.13. The van der Waals surface area contributed by atoms with Crippen LogP contribution < -0.4 is 0 Å². The Labute approximate surface area is 87.3 Å². The van der Waals surface area contributed by atoms with Crippen LogP contribution in [-0.4, -0.2) is 18.0 Å². The third kappa shape index (κ3) is 1.54. The maximum Gasteiger partial charge on any atom is 0.278 e. The summed E-state index contributed by atoms with van der Waals surface area (Å²) in [6, 6.07) is 0. The van der Waals surface area contributed by atoms with E-state index >= 15 is 0 Å². The molecule has 4 nitrogen and oxygen atoms in total. The maximum absolute atomic E-state index is 11.3. The predicted octanol–water partition coefficient (Wildman–Crippen LogP) is 1.46. The molecule has 2 rings (SSSR count). The van der Waals surface area contributed by atoms with Crippen molar-refractivity contribution < 1.29 is 8.42 Å². The van der Waals surface area contributed by atoms with Crippen molar-refractivity contribution in [1.82, 2.24) is 9.55 Å². The van der Waals surface area contributed by atoms with Crippen LogP contribution in [0.1, 0.15) is 24.4 Å². The summed E-state index contributed by atoms with van der Waals surface area (Å²) in [5.74, 6) is 0.841. The molecule has 1 aromatic heterocycles. The molecule has 0 N–H and O–H groups in total. The van der Waals surface area contributed by atoms with Gasteiger partial charge >= 0.3 is 0 Å². The number of aryl methyl sites for hydroxylation is 2. The predicted molar refractivity (Wildman–Crippen MR) is 52.9 cm³/mol. The van der Waals surface area contributed by atoms with Crippen LogP contribution >= 0.6 is 10.7 Å². The zero-order valence-electron chi connectivity index (χ0n) is 7.83. The molecular formula is C8H11ClN2O2S. The fourth-order valence-corrected chi connectivity index (χ4v) is 3.34. The van der Waals surface area contributed by atoms with E-state index in [0.717, 1.165) is 25.1 Å². The molecule has 78 valence electrons. The minimum Gasteiger partial charge on any atom is -0.318 e. The number of imidazole rings is 1. The summed E-state index contributed by atoms with van der Waals surface area (Å²) in [5, 5.41) is 0.175. The number of nitrogens with zero attached hydrogens (tertiary/aromatic N) is 2. The van der Waals surface area contributed by atoms with Gasteiger partial charge in [0.15, 0.2) is 5.03 Å².